The molecular weight excluding hydrogens is 353 g/mol. The number of hydrogen-bond donors (Lipinski definition) is 1. The molecule has 1 saturated heterocycles. The fourth-order valence-electron chi connectivity index (χ4n) is 3.01. The van der Waals surface area contributed by atoms with Gasteiger partial charge in [-0.2, -0.15) is 0 Å². The third kappa shape index (κ3) is 4.14. The third-order valence-corrected chi connectivity index (χ3v) is 4.63. The first kappa shape index (κ1) is 19.0. The lowest BCUT2D eigenvalue weighted by atomic mass is 10.0. The summed E-state index contributed by atoms with van der Waals surface area (Å²) in [6.45, 7) is 1.74. The standard InChI is InChI=1S/C20H20FNO5/c1-2-14(23)10-22-11-16(19(25)20(22)26)18(24)17-8-7-15(27-17)9-12-3-5-13(21)6-4-12/h3-8,14,16,23H,2,9-11H2,1H3. The summed E-state index contributed by atoms with van der Waals surface area (Å²) in [7, 11) is 0. The van der Waals surface area contributed by atoms with E-state index in [2.05, 4.69) is 0 Å². The fourth-order valence-corrected chi connectivity index (χ4v) is 3.01. The number of ketones is 2. The van der Waals surface area contributed by atoms with Gasteiger partial charge in [0, 0.05) is 19.5 Å². The Morgan fingerprint density at radius 1 is 1.26 bits per heavy atom. The number of halogens is 1. The Hall–Kier alpha value is -2.80. The van der Waals surface area contributed by atoms with E-state index in [0.717, 1.165) is 5.56 Å². The SMILES string of the molecule is CCC(O)CN1CC(C(=O)c2ccc(Cc3ccc(F)cc3)o2)C(=O)C1=O. The smallest absolute Gasteiger partial charge is 0.290 e. The Morgan fingerprint density at radius 2 is 1.96 bits per heavy atom. The van der Waals surface area contributed by atoms with Crippen molar-refractivity contribution in [1.29, 1.82) is 0 Å². The molecule has 1 aliphatic heterocycles. The minimum atomic E-state index is -1.12. The molecule has 1 aliphatic rings. The van der Waals surface area contributed by atoms with Gasteiger partial charge in [0.05, 0.1) is 6.10 Å². The van der Waals surface area contributed by atoms with Gasteiger partial charge in [-0.3, -0.25) is 14.4 Å². The topological polar surface area (TPSA) is 87.8 Å². The molecule has 3 rings (SSSR count). The normalized spacial score (nSPS) is 18.2. The number of nitrogens with zero attached hydrogens (tertiary/aromatic N) is 1. The number of benzene rings is 1. The van der Waals surface area contributed by atoms with E-state index in [4.69, 9.17) is 4.42 Å². The lowest BCUT2D eigenvalue weighted by molar-refractivity contribution is -0.141. The van der Waals surface area contributed by atoms with Crippen LogP contribution < -0.4 is 0 Å². The number of likely N-dealkylation sites (tertiary alicyclic amines) is 1. The Labute approximate surface area is 155 Å². The van der Waals surface area contributed by atoms with Crippen LogP contribution in [0.25, 0.3) is 0 Å². The van der Waals surface area contributed by atoms with Crippen molar-refractivity contribution >= 4 is 17.5 Å². The Balaban J connectivity index is 1.69. The Kier molecular flexibility index (Phi) is 5.51. The van der Waals surface area contributed by atoms with Crippen LogP contribution in [0.4, 0.5) is 4.39 Å². The van der Waals surface area contributed by atoms with Crippen molar-refractivity contribution in [3.05, 3.63) is 59.3 Å². The molecule has 0 saturated carbocycles. The first-order valence-electron chi connectivity index (χ1n) is 8.77. The summed E-state index contributed by atoms with van der Waals surface area (Å²) in [5.41, 5.74) is 0.816. The molecule has 142 valence electrons. The number of amides is 1. The van der Waals surface area contributed by atoms with Crippen molar-refractivity contribution in [2.24, 2.45) is 5.92 Å². The minimum Gasteiger partial charge on any atom is -0.458 e. The van der Waals surface area contributed by atoms with E-state index in [0.29, 0.717) is 18.6 Å². The largest absolute Gasteiger partial charge is 0.458 e. The number of aliphatic hydroxyl groups excluding tert-OH is 1. The number of β-amino-alcohol motifs (C(OH)–C–C–N with tert-alkyl or cyclic N) is 1. The molecule has 2 aromatic rings. The molecule has 0 aliphatic carbocycles. The number of Topliss-reactive ketones (excluding diaryl/α,β-unsaturated/α-hetero) is 2. The van der Waals surface area contributed by atoms with Crippen molar-refractivity contribution in [2.75, 3.05) is 13.1 Å². The van der Waals surface area contributed by atoms with Crippen molar-refractivity contribution in [3.63, 3.8) is 0 Å². The van der Waals surface area contributed by atoms with E-state index in [1.54, 1.807) is 25.1 Å². The predicted octanol–water partition coefficient (Wildman–Crippen LogP) is 1.99. The molecule has 7 heteroatoms. The van der Waals surface area contributed by atoms with Crippen LogP contribution in [0.5, 0.6) is 0 Å². The molecule has 6 nitrogen and oxygen atoms in total. The molecule has 1 amide bonds. The van der Waals surface area contributed by atoms with Crippen LogP contribution in [0.15, 0.2) is 40.8 Å². The summed E-state index contributed by atoms with van der Waals surface area (Å²) in [4.78, 5) is 38.0. The average molecular weight is 373 g/mol. The molecule has 0 radical (unpaired) electrons. The maximum atomic E-state index is 13.0. The Morgan fingerprint density at radius 3 is 2.63 bits per heavy atom. The van der Waals surface area contributed by atoms with E-state index in [-0.39, 0.29) is 24.7 Å². The van der Waals surface area contributed by atoms with E-state index in [1.165, 1.54) is 23.1 Å². The first-order valence-corrected chi connectivity index (χ1v) is 8.77. The molecule has 2 atom stereocenters. The molecular formula is C20H20FNO5. The molecule has 0 bridgehead atoms. The highest BCUT2D eigenvalue weighted by Crippen LogP contribution is 2.22. The predicted molar refractivity (Wildman–Crippen MR) is 93.6 cm³/mol. The van der Waals surface area contributed by atoms with E-state index >= 15 is 0 Å². The molecule has 1 fully saturated rings. The van der Waals surface area contributed by atoms with Gasteiger partial charge in [0.1, 0.15) is 17.5 Å². The maximum absolute atomic E-state index is 13.0. The van der Waals surface area contributed by atoms with Gasteiger partial charge < -0.3 is 14.4 Å². The van der Waals surface area contributed by atoms with E-state index in [9.17, 15) is 23.9 Å². The summed E-state index contributed by atoms with van der Waals surface area (Å²) in [5, 5.41) is 9.69. The number of carbonyl (C=O) groups is 3. The zero-order valence-electron chi connectivity index (χ0n) is 14.9. The molecule has 27 heavy (non-hydrogen) atoms. The fraction of sp³-hybridized carbons (Fsp3) is 0.350. The number of hydrogen-bond acceptors (Lipinski definition) is 5. The van der Waals surface area contributed by atoms with Crippen LogP contribution >= 0.6 is 0 Å². The van der Waals surface area contributed by atoms with E-state index < -0.39 is 29.5 Å². The summed E-state index contributed by atoms with van der Waals surface area (Å²) in [6, 6.07) is 9.02. The van der Waals surface area contributed by atoms with Gasteiger partial charge in [0.25, 0.3) is 5.91 Å². The van der Waals surface area contributed by atoms with Gasteiger partial charge in [-0.25, -0.2) is 4.39 Å². The summed E-state index contributed by atoms with van der Waals surface area (Å²) in [6.07, 6.45) is 0.0862. The average Bonchev–Trinajstić information content (AvgIpc) is 3.23. The lowest BCUT2D eigenvalue weighted by Crippen LogP contribution is -2.34. The highest BCUT2D eigenvalue weighted by Gasteiger charge is 2.44. The van der Waals surface area contributed by atoms with Gasteiger partial charge in [-0.15, -0.1) is 0 Å². The molecule has 1 aromatic heterocycles. The number of rotatable bonds is 7. The van der Waals surface area contributed by atoms with Crippen LogP contribution in [0.3, 0.4) is 0 Å². The molecule has 2 heterocycles. The zero-order valence-corrected chi connectivity index (χ0v) is 14.9. The monoisotopic (exact) mass is 373 g/mol. The quantitative estimate of drug-likeness (QED) is 0.456. The summed E-state index contributed by atoms with van der Waals surface area (Å²) < 4.78 is 18.5. The highest BCUT2D eigenvalue weighted by atomic mass is 19.1. The molecule has 1 aromatic carbocycles. The maximum Gasteiger partial charge on any atom is 0.290 e. The van der Waals surface area contributed by atoms with Crippen LogP contribution in [-0.2, 0) is 16.0 Å². The number of aliphatic hydroxyl groups is 1. The number of carbonyl (C=O) groups excluding carboxylic acids is 3. The zero-order chi connectivity index (χ0) is 19.6. The van der Waals surface area contributed by atoms with Crippen molar-refractivity contribution in [3.8, 4) is 0 Å². The van der Waals surface area contributed by atoms with Crippen molar-refractivity contribution < 1.29 is 28.3 Å². The molecule has 1 N–H and O–H groups in total. The first-order chi connectivity index (χ1) is 12.9. The van der Waals surface area contributed by atoms with Crippen LogP contribution in [0, 0.1) is 11.7 Å². The van der Waals surface area contributed by atoms with Gasteiger partial charge >= 0.3 is 0 Å². The molecule has 0 spiro atoms. The second kappa shape index (κ2) is 7.84. The summed E-state index contributed by atoms with van der Waals surface area (Å²) in [5.74, 6) is -3.02. The third-order valence-electron chi connectivity index (χ3n) is 4.63. The van der Waals surface area contributed by atoms with Gasteiger partial charge in [0.2, 0.25) is 11.6 Å². The van der Waals surface area contributed by atoms with Crippen LogP contribution in [0.1, 0.15) is 35.2 Å². The Bertz CT molecular complexity index is 858. The van der Waals surface area contributed by atoms with Crippen LogP contribution in [-0.4, -0.2) is 46.7 Å². The minimum absolute atomic E-state index is 0.0103. The second-order valence-corrected chi connectivity index (χ2v) is 6.62. The summed E-state index contributed by atoms with van der Waals surface area (Å²) >= 11 is 0. The van der Waals surface area contributed by atoms with Crippen molar-refractivity contribution in [1.82, 2.24) is 4.90 Å². The van der Waals surface area contributed by atoms with Gasteiger partial charge in [-0.05, 0) is 36.2 Å². The van der Waals surface area contributed by atoms with Crippen LogP contribution in [0.2, 0.25) is 0 Å². The van der Waals surface area contributed by atoms with Crippen molar-refractivity contribution in [2.45, 2.75) is 25.9 Å². The second-order valence-electron chi connectivity index (χ2n) is 6.62. The molecule has 2 unspecified atom stereocenters. The lowest BCUT2D eigenvalue weighted by Gasteiger charge is -2.18. The highest BCUT2D eigenvalue weighted by molar-refractivity contribution is 6.43. The van der Waals surface area contributed by atoms with Gasteiger partial charge in [-0.1, -0.05) is 19.1 Å². The van der Waals surface area contributed by atoms with E-state index in [1.807, 2.05) is 0 Å². The number of furan rings is 1. The van der Waals surface area contributed by atoms with Gasteiger partial charge in [0.15, 0.2) is 5.76 Å².